The molecular formula is C27H31N5O4. The van der Waals surface area contributed by atoms with Crippen LogP contribution in [0.5, 0.6) is 0 Å². The lowest BCUT2D eigenvalue weighted by molar-refractivity contribution is -0.140. The maximum absolute atomic E-state index is 13.6. The van der Waals surface area contributed by atoms with Crippen molar-refractivity contribution in [3.63, 3.8) is 0 Å². The van der Waals surface area contributed by atoms with E-state index in [0.29, 0.717) is 48.0 Å². The molecule has 0 radical (unpaired) electrons. The molecular weight excluding hydrogens is 458 g/mol. The molecule has 3 aromatic rings. The van der Waals surface area contributed by atoms with Gasteiger partial charge in [0.25, 0.3) is 0 Å². The van der Waals surface area contributed by atoms with Gasteiger partial charge in [-0.2, -0.15) is 0 Å². The lowest BCUT2D eigenvalue weighted by atomic mass is 9.73. The van der Waals surface area contributed by atoms with Crippen molar-refractivity contribution in [1.82, 2.24) is 14.9 Å². The fourth-order valence-corrected chi connectivity index (χ4v) is 4.67. The number of methoxy groups -OCH3 is 1. The van der Waals surface area contributed by atoms with Crippen LogP contribution in [-0.4, -0.2) is 59.8 Å². The van der Waals surface area contributed by atoms with E-state index in [1.54, 1.807) is 31.3 Å². The second-order valence-electron chi connectivity index (χ2n) is 9.39. The molecule has 0 bridgehead atoms. The Bertz CT molecular complexity index is 1290. The van der Waals surface area contributed by atoms with E-state index >= 15 is 0 Å². The summed E-state index contributed by atoms with van der Waals surface area (Å²) in [6.07, 6.45) is 2.09. The molecule has 1 aliphatic carbocycles. The van der Waals surface area contributed by atoms with Gasteiger partial charge in [-0.25, -0.2) is 4.98 Å². The third-order valence-electron chi connectivity index (χ3n) is 6.36. The van der Waals surface area contributed by atoms with Gasteiger partial charge >= 0.3 is 0 Å². The lowest BCUT2D eigenvalue weighted by Gasteiger charge is -2.35. The number of amides is 2. The number of anilines is 3. The number of pyridine rings is 1. The number of ether oxygens (including phenoxy) is 1. The van der Waals surface area contributed by atoms with Gasteiger partial charge in [0.05, 0.1) is 29.0 Å². The largest absolute Gasteiger partial charge is 0.383 e. The van der Waals surface area contributed by atoms with Gasteiger partial charge in [0.1, 0.15) is 5.82 Å². The highest BCUT2D eigenvalue weighted by Crippen LogP contribution is 2.44. The van der Waals surface area contributed by atoms with Gasteiger partial charge in [-0.15, -0.1) is 0 Å². The highest BCUT2D eigenvalue weighted by atomic mass is 16.5. The number of aromatic nitrogens is 2. The second kappa shape index (κ2) is 10.3. The molecule has 1 aliphatic rings. The van der Waals surface area contributed by atoms with Gasteiger partial charge in [-0.1, -0.05) is 18.2 Å². The summed E-state index contributed by atoms with van der Waals surface area (Å²) in [5.74, 6) is -0.0205. The number of rotatable bonds is 8. The molecule has 2 aromatic heterocycles. The van der Waals surface area contributed by atoms with E-state index in [2.05, 4.69) is 20.6 Å². The minimum atomic E-state index is -0.877. The molecule has 1 atom stereocenters. The van der Waals surface area contributed by atoms with Crippen molar-refractivity contribution in [2.75, 3.05) is 37.9 Å². The SMILES string of the molecule is COCCN(C)C(=O)C1(C)CC(=O)c2c([nH]c(-c3ccnc(NC(C)=O)c3)c2Nc2ccccc2)C1. The van der Waals surface area contributed by atoms with Gasteiger partial charge in [0, 0.05) is 63.6 Å². The number of para-hydroxylation sites is 1. The number of Topliss-reactive ketones (excluding diaryl/α,β-unsaturated/α-hetero) is 1. The molecule has 36 heavy (non-hydrogen) atoms. The van der Waals surface area contributed by atoms with Crippen LogP contribution in [-0.2, 0) is 20.7 Å². The third-order valence-corrected chi connectivity index (χ3v) is 6.36. The van der Waals surface area contributed by atoms with Crippen molar-refractivity contribution >= 4 is 34.8 Å². The second-order valence-corrected chi connectivity index (χ2v) is 9.39. The first-order valence-corrected chi connectivity index (χ1v) is 11.8. The standard InChI is InChI=1S/C27H31N5O4/c1-17(33)29-22-14-18(10-11-28-22)24-25(30-19-8-6-5-7-9-19)23-20(31-24)15-27(2,16-21(23)34)26(35)32(3)12-13-36-4/h5-11,14,30-31H,12-13,15-16H2,1-4H3,(H,28,29,33). The number of hydrogen-bond donors (Lipinski definition) is 3. The molecule has 0 fully saturated rings. The Labute approximate surface area is 210 Å². The molecule has 3 N–H and O–H groups in total. The predicted molar refractivity (Wildman–Crippen MR) is 138 cm³/mol. The predicted octanol–water partition coefficient (Wildman–Crippen LogP) is 4.02. The molecule has 9 nitrogen and oxygen atoms in total. The van der Waals surface area contributed by atoms with E-state index in [4.69, 9.17) is 4.74 Å². The number of hydrogen-bond acceptors (Lipinski definition) is 6. The molecule has 0 saturated heterocycles. The molecule has 0 aliphatic heterocycles. The number of likely N-dealkylation sites (N-methyl/N-ethyl adjacent to an activating group) is 1. The highest BCUT2D eigenvalue weighted by Gasteiger charge is 2.44. The minimum Gasteiger partial charge on any atom is -0.383 e. The maximum atomic E-state index is 13.6. The number of ketones is 1. The highest BCUT2D eigenvalue weighted by molar-refractivity contribution is 6.10. The smallest absolute Gasteiger partial charge is 0.229 e. The summed E-state index contributed by atoms with van der Waals surface area (Å²) in [5.41, 5.74) is 3.29. The van der Waals surface area contributed by atoms with E-state index in [1.165, 1.54) is 6.92 Å². The van der Waals surface area contributed by atoms with Crippen molar-refractivity contribution in [2.45, 2.75) is 26.7 Å². The van der Waals surface area contributed by atoms with Crippen molar-refractivity contribution in [3.05, 3.63) is 59.9 Å². The van der Waals surface area contributed by atoms with E-state index in [0.717, 1.165) is 11.3 Å². The van der Waals surface area contributed by atoms with Gasteiger partial charge in [0.2, 0.25) is 11.8 Å². The van der Waals surface area contributed by atoms with Gasteiger partial charge < -0.3 is 25.3 Å². The molecule has 0 saturated carbocycles. The first-order chi connectivity index (χ1) is 17.2. The topological polar surface area (TPSA) is 116 Å². The molecule has 2 amide bonds. The monoisotopic (exact) mass is 489 g/mol. The molecule has 4 rings (SSSR count). The number of aromatic amines is 1. The molecule has 2 heterocycles. The Balaban J connectivity index is 1.78. The van der Waals surface area contributed by atoms with E-state index in [1.807, 2.05) is 43.3 Å². The Kier molecular flexibility index (Phi) is 7.21. The zero-order valence-corrected chi connectivity index (χ0v) is 21.0. The molecule has 188 valence electrons. The Morgan fingerprint density at radius 1 is 1.19 bits per heavy atom. The molecule has 0 spiro atoms. The van der Waals surface area contributed by atoms with Gasteiger partial charge in [-0.05, 0) is 31.2 Å². The average molecular weight is 490 g/mol. The normalized spacial score (nSPS) is 16.8. The Morgan fingerprint density at radius 3 is 2.64 bits per heavy atom. The van der Waals surface area contributed by atoms with E-state index in [-0.39, 0.29) is 24.0 Å². The van der Waals surface area contributed by atoms with Gasteiger partial charge in [-0.3, -0.25) is 14.4 Å². The van der Waals surface area contributed by atoms with Crippen LogP contribution in [0.2, 0.25) is 0 Å². The fourth-order valence-electron chi connectivity index (χ4n) is 4.67. The first kappa shape index (κ1) is 25.1. The number of carbonyl (C=O) groups excluding carboxylic acids is 3. The van der Waals surface area contributed by atoms with Crippen LogP contribution in [0.4, 0.5) is 17.2 Å². The van der Waals surface area contributed by atoms with Crippen LogP contribution in [0.3, 0.4) is 0 Å². The van der Waals surface area contributed by atoms with Crippen molar-refractivity contribution < 1.29 is 19.1 Å². The van der Waals surface area contributed by atoms with Crippen LogP contribution >= 0.6 is 0 Å². The van der Waals surface area contributed by atoms with Crippen molar-refractivity contribution in [3.8, 4) is 11.3 Å². The van der Waals surface area contributed by atoms with Crippen LogP contribution < -0.4 is 10.6 Å². The third kappa shape index (κ3) is 5.16. The Morgan fingerprint density at radius 2 is 1.94 bits per heavy atom. The maximum Gasteiger partial charge on any atom is 0.229 e. The zero-order valence-electron chi connectivity index (χ0n) is 21.0. The summed E-state index contributed by atoms with van der Waals surface area (Å²) in [6, 6.07) is 13.2. The van der Waals surface area contributed by atoms with Crippen molar-refractivity contribution in [2.24, 2.45) is 5.41 Å². The van der Waals surface area contributed by atoms with Crippen LogP contribution in [0.1, 0.15) is 36.3 Å². The average Bonchev–Trinajstić information content (AvgIpc) is 3.20. The lowest BCUT2D eigenvalue weighted by Crippen LogP contribution is -2.46. The molecule has 1 aromatic carbocycles. The van der Waals surface area contributed by atoms with Crippen LogP contribution in [0.25, 0.3) is 11.3 Å². The molecule has 9 heteroatoms. The first-order valence-electron chi connectivity index (χ1n) is 11.8. The number of benzene rings is 1. The summed E-state index contributed by atoms with van der Waals surface area (Å²) >= 11 is 0. The number of H-pyrrole nitrogens is 1. The summed E-state index contributed by atoms with van der Waals surface area (Å²) in [5, 5.41) is 6.11. The quantitative estimate of drug-likeness (QED) is 0.440. The number of carbonyl (C=O) groups is 3. The number of fused-ring (bicyclic) bond motifs is 1. The summed E-state index contributed by atoms with van der Waals surface area (Å²) < 4.78 is 5.11. The Hall–Kier alpha value is -3.98. The minimum absolute atomic E-state index is 0.0934. The van der Waals surface area contributed by atoms with E-state index in [9.17, 15) is 14.4 Å². The fraction of sp³-hybridized carbons (Fsp3) is 0.333. The van der Waals surface area contributed by atoms with E-state index < -0.39 is 5.41 Å². The number of nitrogens with one attached hydrogen (secondary N) is 3. The van der Waals surface area contributed by atoms with Crippen LogP contribution in [0.15, 0.2) is 48.7 Å². The van der Waals surface area contributed by atoms with Crippen LogP contribution in [0, 0.1) is 5.41 Å². The summed E-state index contributed by atoms with van der Waals surface area (Å²) in [4.78, 5) is 47.7. The zero-order chi connectivity index (χ0) is 25.9. The van der Waals surface area contributed by atoms with Crippen molar-refractivity contribution in [1.29, 1.82) is 0 Å². The summed E-state index contributed by atoms with van der Waals surface area (Å²) in [7, 11) is 3.32. The number of nitrogens with zero attached hydrogens (tertiary/aromatic N) is 2. The molecule has 1 unspecified atom stereocenters. The van der Waals surface area contributed by atoms with Gasteiger partial charge in [0.15, 0.2) is 5.78 Å². The summed E-state index contributed by atoms with van der Waals surface area (Å²) in [6.45, 7) is 4.13.